The summed E-state index contributed by atoms with van der Waals surface area (Å²) in [5.74, 6) is 0.913. The van der Waals surface area contributed by atoms with E-state index in [-0.39, 0.29) is 6.61 Å². The number of nitrogens with one attached hydrogen (secondary N) is 2. The largest absolute Gasteiger partial charge is 0.489 e. The van der Waals surface area contributed by atoms with E-state index in [2.05, 4.69) is 15.3 Å². The Hall–Kier alpha value is -2.44. The summed E-state index contributed by atoms with van der Waals surface area (Å²) in [5, 5.41) is 3.68. The van der Waals surface area contributed by atoms with Crippen LogP contribution in [0.2, 0.25) is 10.0 Å². The van der Waals surface area contributed by atoms with Crippen molar-refractivity contribution < 1.29 is 14.3 Å². The van der Waals surface area contributed by atoms with Crippen LogP contribution in [0.25, 0.3) is 11.0 Å². The van der Waals surface area contributed by atoms with Gasteiger partial charge in [0.15, 0.2) is 0 Å². The summed E-state index contributed by atoms with van der Waals surface area (Å²) < 4.78 is 11.0. The second-order valence-electron chi connectivity index (χ2n) is 6.88. The molecule has 0 radical (unpaired) electrons. The third kappa shape index (κ3) is 5.05. The predicted octanol–water partition coefficient (Wildman–Crippen LogP) is 5.80. The number of carbonyl (C=O) groups is 1. The van der Waals surface area contributed by atoms with Gasteiger partial charge in [0, 0.05) is 21.7 Å². The normalized spacial score (nSPS) is 11.4. The summed E-state index contributed by atoms with van der Waals surface area (Å²) in [6, 6.07) is 10.7. The molecule has 0 aliphatic rings. The lowest BCUT2D eigenvalue weighted by molar-refractivity contribution is 0.0635. The van der Waals surface area contributed by atoms with E-state index in [1.807, 2.05) is 0 Å². The molecule has 1 amide bonds. The number of hydrogen-bond acceptors (Lipinski definition) is 4. The van der Waals surface area contributed by atoms with Crippen molar-refractivity contribution in [3.63, 3.8) is 0 Å². The Labute approximate surface area is 166 Å². The number of anilines is 1. The van der Waals surface area contributed by atoms with Crippen molar-refractivity contribution in [2.24, 2.45) is 0 Å². The van der Waals surface area contributed by atoms with Crippen molar-refractivity contribution in [2.45, 2.75) is 33.0 Å². The van der Waals surface area contributed by atoms with Crippen molar-refractivity contribution in [1.29, 1.82) is 0 Å². The van der Waals surface area contributed by atoms with Crippen LogP contribution in [0.1, 0.15) is 26.3 Å². The Morgan fingerprint density at radius 3 is 2.56 bits per heavy atom. The molecule has 3 rings (SSSR count). The van der Waals surface area contributed by atoms with Gasteiger partial charge < -0.3 is 14.5 Å². The quantitative estimate of drug-likeness (QED) is 0.573. The first kappa shape index (κ1) is 19.3. The number of benzene rings is 2. The number of H-pyrrole nitrogens is 1. The van der Waals surface area contributed by atoms with Crippen molar-refractivity contribution in [1.82, 2.24) is 9.97 Å². The highest BCUT2D eigenvalue weighted by atomic mass is 35.5. The maximum atomic E-state index is 11.9. The summed E-state index contributed by atoms with van der Waals surface area (Å²) >= 11 is 12.3. The zero-order valence-electron chi connectivity index (χ0n) is 15.1. The second kappa shape index (κ2) is 7.66. The van der Waals surface area contributed by atoms with Crippen LogP contribution in [-0.2, 0) is 11.3 Å². The molecule has 0 unspecified atom stereocenters. The highest BCUT2D eigenvalue weighted by molar-refractivity contribution is 6.35. The summed E-state index contributed by atoms with van der Waals surface area (Å²) in [5.41, 5.74) is 1.53. The summed E-state index contributed by atoms with van der Waals surface area (Å²) in [6.45, 7) is 5.61. The molecule has 142 valence electrons. The number of hydrogen-bond donors (Lipinski definition) is 2. The number of fused-ring (bicyclic) bond motifs is 1. The lowest BCUT2D eigenvalue weighted by Crippen LogP contribution is -2.27. The lowest BCUT2D eigenvalue weighted by atomic mass is 10.2. The number of halogens is 2. The van der Waals surface area contributed by atoms with E-state index in [9.17, 15) is 4.79 Å². The van der Waals surface area contributed by atoms with Crippen LogP contribution in [0, 0.1) is 0 Å². The van der Waals surface area contributed by atoms with Crippen LogP contribution in [0.3, 0.4) is 0 Å². The van der Waals surface area contributed by atoms with E-state index in [4.69, 9.17) is 32.7 Å². The van der Waals surface area contributed by atoms with Crippen molar-refractivity contribution >= 4 is 46.3 Å². The molecule has 0 aliphatic carbocycles. The average molecular weight is 408 g/mol. The van der Waals surface area contributed by atoms with Crippen LogP contribution in [0.4, 0.5) is 10.7 Å². The first-order valence-corrected chi connectivity index (χ1v) is 9.02. The van der Waals surface area contributed by atoms with E-state index >= 15 is 0 Å². The minimum absolute atomic E-state index is 0.237. The number of imidazole rings is 1. The van der Waals surface area contributed by atoms with E-state index < -0.39 is 11.7 Å². The number of nitrogens with zero attached hydrogens (tertiary/aromatic N) is 1. The molecular weight excluding hydrogens is 389 g/mol. The third-order valence-electron chi connectivity index (χ3n) is 3.52. The first-order valence-electron chi connectivity index (χ1n) is 8.27. The van der Waals surface area contributed by atoms with Crippen LogP contribution >= 0.6 is 23.2 Å². The van der Waals surface area contributed by atoms with Gasteiger partial charge in [0.2, 0.25) is 5.95 Å². The third-order valence-corrected chi connectivity index (χ3v) is 4.23. The Morgan fingerprint density at radius 1 is 1.19 bits per heavy atom. The molecule has 0 aliphatic heterocycles. The summed E-state index contributed by atoms with van der Waals surface area (Å²) in [4.78, 5) is 19.2. The van der Waals surface area contributed by atoms with Crippen LogP contribution in [0.5, 0.6) is 5.75 Å². The van der Waals surface area contributed by atoms with E-state index in [0.29, 0.717) is 32.8 Å². The topological polar surface area (TPSA) is 76.2 Å². The molecular formula is C19H19Cl2N3O3. The van der Waals surface area contributed by atoms with Crippen molar-refractivity contribution in [3.8, 4) is 5.75 Å². The number of rotatable bonds is 4. The van der Waals surface area contributed by atoms with Gasteiger partial charge in [0.1, 0.15) is 18.0 Å². The minimum Gasteiger partial charge on any atom is -0.489 e. The van der Waals surface area contributed by atoms with Gasteiger partial charge in [-0.05, 0) is 45.0 Å². The Morgan fingerprint density at radius 2 is 1.89 bits per heavy atom. The van der Waals surface area contributed by atoms with E-state index in [1.165, 1.54) is 0 Å². The van der Waals surface area contributed by atoms with Gasteiger partial charge in [-0.1, -0.05) is 29.3 Å². The van der Waals surface area contributed by atoms with Crippen LogP contribution < -0.4 is 10.1 Å². The van der Waals surface area contributed by atoms with Crippen LogP contribution in [0.15, 0.2) is 36.4 Å². The molecule has 3 aromatic rings. The minimum atomic E-state index is -0.586. The molecule has 0 atom stereocenters. The Balaban J connectivity index is 1.71. The molecule has 1 aromatic heterocycles. The number of ether oxygens (including phenoxy) is 2. The highest BCUT2D eigenvalue weighted by Gasteiger charge is 2.17. The fourth-order valence-electron chi connectivity index (χ4n) is 2.36. The molecule has 0 spiro atoms. The fraction of sp³-hybridized carbons (Fsp3) is 0.263. The SMILES string of the molecule is CC(C)(C)OC(=O)Nc1nc2ccc(OCc3c(Cl)cccc3Cl)cc2[nH]1. The molecule has 0 saturated heterocycles. The molecule has 6 nitrogen and oxygen atoms in total. The van der Waals surface area contributed by atoms with Gasteiger partial charge in [0.05, 0.1) is 11.0 Å². The maximum Gasteiger partial charge on any atom is 0.414 e. The zero-order chi connectivity index (χ0) is 19.6. The Kier molecular flexibility index (Phi) is 5.48. The molecule has 1 heterocycles. The zero-order valence-corrected chi connectivity index (χ0v) is 16.6. The van der Waals surface area contributed by atoms with Crippen molar-refractivity contribution in [3.05, 3.63) is 52.0 Å². The van der Waals surface area contributed by atoms with Crippen LogP contribution in [-0.4, -0.2) is 21.7 Å². The maximum absolute atomic E-state index is 11.9. The standard InChI is InChI=1S/C19H19Cl2N3O3/c1-19(2,3)27-18(25)24-17-22-15-8-7-11(9-16(15)23-17)26-10-12-13(20)5-4-6-14(12)21/h4-9H,10H2,1-3H3,(H2,22,23,24,25). The van der Waals surface area contributed by atoms with Gasteiger partial charge in [-0.3, -0.25) is 5.32 Å². The van der Waals surface area contributed by atoms with Gasteiger partial charge in [0.25, 0.3) is 0 Å². The van der Waals surface area contributed by atoms with Gasteiger partial charge >= 0.3 is 6.09 Å². The molecule has 2 aromatic carbocycles. The fourth-order valence-corrected chi connectivity index (χ4v) is 2.87. The molecule has 0 saturated carbocycles. The molecule has 2 N–H and O–H groups in total. The van der Waals surface area contributed by atoms with Gasteiger partial charge in [-0.15, -0.1) is 0 Å². The molecule has 27 heavy (non-hydrogen) atoms. The van der Waals surface area contributed by atoms with Gasteiger partial charge in [-0.2, -0.15) is 0 Å². The van der Waals surface area contributed by atoms with E-state index in [1.54, 1.807) is 57.2 Å². The Bertz CT molecular complexity index is 960. The number of aromatic nitrogens is 2. The second-order valence-corrected chi connectivity index (χ2v) is 7.69. The smallest absolute Gasteiger partial charge is 0.414 e. The van der Waals surface area contributed by atoms with Gasteiger partial charge in [-0.25, -0.2) is 9.78 Å². The number of aromatic amines is 1. The van der Waals surface area contributed by atoms with Crippen molar-refractivity contribution in [2.75, 3.05) is 5.32 Å². The first-order chi connectivity index (χ1) is 12.7. The predicted molar refractivity (Wildman–Crippen MR) is 107 cm³/mol. The number of carbonyl (C=O) groups excluding carboxylic acids is 1. The molecule has 0 bridgehead atoms. The monoisotopic (exact) mass is 407 g/mol. The lowest BCUT2D eigenvalue weighted by Gasteiger charge is -2.18. The molecule has 8 heteroatoms. The number of amides is 1. The summed E-state index contributed by atoms with van der Waals surface area (Å²) in [7, 11) is 0. The summed E-state index contributed by atoms with van der Waals surface area (Å²) in [6.07, 6.45) is -0.577. The average Bonchev–Trinajstić information content (AvgIpc) is 2.93. The van der Waals surface area contributed by atoms with E-state index in [0.717, 1.165) is 5.56 Å². The molecule has 0 fully saturated rings. The highest BCUT2D eigenvalue weighted by Crippen LogP contribution is 2.27.